The van der Waals surface area contributed by atoms with E-state index in [0.29, 0.717) is 6.61 Å². The number of nitrogens with zero attached hydrogens (tertiary/aromatic N) is 1. The minimum Gasteiger partial charge on any atom is -0.405 e. The Morgan fingerprint density at radius 2 is 1.45 bits per heavy atom. The molecule has 31 heavy (non-hydrogen) atoms. The van der Waals surface area contributed by atoms with Crippen LogP contribution in [0.5, 0.6) is 0 Å². The summed E-state index contributed by atoms with van der Waals surface area (Å²) in [6, 6.07) is 23.2. The van der Waals surface area contributed by atoms with Gasteiger partial charge in [-0.25, -0.2) is 0 Å². The van der Waals surface area contributed by atoms with Crippen LogP contribution >= 0.6 is 0 Å². The van der Waals surface area contributed by atoms with Crippen LogP contribution in [0.1, 0.15) is 34.6 Å². The molecule has 2 aliphatic rings. The van der Waals surface area contributed by atoms with Crippen LogP contribution in [0, 0.1) is 11.3 Å². The van der Waals surface area contributed by atoms with Gasteiger partial charge in [-0.3, -0.25) is 0 Å². The SMILES string of the molecule is CC1(C)O[C@@H]2[C@@H](CO[Si](c3ccccc3)(c3ccccc3)C(C)(C)C)OC(C#N)[C@@H]2O1. The van der Waals surface area contributed by atoms with Crippen molar-refractivity contribution in [3.8, 4) is 6.07 Å². The molecule has 0 spiro atoms. The number of hydrogen-bond acceptors (Lipinski definition) is 5. The fourth-order valence-electron chi connectivity index (χ4n) is 4.89. The predicted molar refractivity (Wildman–Crippen MR) is 122 cm³/mol. The molecule has 4 rings (SSSR count). The van der Waals surface area contributed by atoms with E-state index in [0.717, 1.165) is 0 Å². The maximum Gasteiger partial charge on any atom is 0.261 e. The van der Waals surface area contributed by atoms with Crippen LogP contribution in [-0.2, 0) is 18.6 Å². The molecule has 2 saturated heterocycles. The summed E-state index contributed by atoms with van der Waals surface area (Å²) in [4.78, 5) is 0. The van der Waals surface area contributed by atoms with Gasteiger partial charge in [-0.15, -0.1) is 0 Å². The van der Waals surface area contributed by atoms with Crippen molar-refractivity contribution in [3.05, 3.63) is 60.7 Å². The first-order valence-corrected chi connectivity index (χ1v) is 12.7. The Labute approximate surface area is 186 Å². The average molecular weight is 438 g/mol. The van der Waals surface area contributed by atoms with Gasteiger partial charge in [-0.2, -0.15) is 5.26 Å². The molecule has 164 valence electrons. The quantitative estimate of drug-likeness (QED) is 0.671. The second kappa shape index (κ2) is 8.16. The molecule has 0 saturated carbocycles. The largest absolute Gasteiger partial charge is 0.405 e. The Hall–Kier alpha value is -2.01. The second-order valence-corrected chi connectivity index (χ2v) is 14.1. The molecule has 2 aliphatic heterocycles. The normalized spacial score (nSPS) is 27.6. The van der Waals surface area contributed by atoms with Crippen molar-refractivity contribution in [2.75, 3.05) is 6.61 Å². The maximum absolute atomic E-state index is 9.57. The second-order valence-electron chi connectivity index (χ2n) is 9.76. The molecule has 1 unspecified atom stereocenters. The van der Waals surface area contributed by atoms with Gasteiger partial charge in [-0.1, -0.05) is 81.4 Å². The third-order valence-corrected chi connectivity index (χ3v) is 11.2. The van der Waals surface area contributed by atoms with Crippen LogP contribution in [-0.4, -0.2) is 45.1 Å². The number of ether oxygens (including phenoxy) is 3. The topological polar surface area (TPSA) is 60.7 Å². The molecule has 4 atom stereocenters. The zero-order valence-electron chi connectivity index (χ0n) is 18.9. The molecule has 0 amide bonds. The van der Waals surface area contributed by atoms with Crippen molar-refractivity contribution in [2.24, 2.45) is 0 Å². The number of fused-ring (bicyclic) bond motifs is 1. The van der Waals surface area contributed by atoms with E-state index in [1.165, 1.54) is 10.4 Å². The number of benzene rings is 2. The fraction of sp³-hybridized carbons (Fsp3) is 0.480. The molecule has 2 fully saturated rings. The number of rotatable bonds is 5. The highest BCUT2D eigenvalue weighted by Gasteiger charge is 2.57. The molecule has 0 radical (unpaired) electrons. The predicted octanol–water partition coefficient (Wildman–Crippen LogP) is 3.37. The first kappa shape index (κ1) is 22.2. The van der Waals surface area contributed by atoms with Gasteiger partial charge in [0, 0.05) is 0 Å². The standard InChI is InChI=1S/C25H31NO4Si/c1-24(2,3)31(18-12-8-6-9-13-18,19-14-10-7-11-15-19)27-17-21-23-22(20(16-26)28-21)29-25(4,5)30-23/h6-15,20-23H,17H2,1-5H3/t20?,21-,22+,23-/m1/s1. The summed E-state index contributed by atoms with van der Waals surface area (Å²) in [6.45, 7) is 10.8. The van der Waals surface area contributed by atoms with Crippen LogP contribution in [0.25, 0.3) is 0 Å². The summed E-state index contributed by atoms with van der Waals surface area (Å²) in [5.41, 5.74) is 0. The van der Waals surface area contributed by atoms with E-state index >= 15 is 0 Å². The molecule has 0 aromatic heterocycles. The van der Waals surface area contributed by atoms with Gasteiger partial charge in [0.2, 0.25) is 0 Å². The monoisotopic (exact) mass is 437 g/mol. The molecule has 2 aromatic rings. The van der Waals surface area contributed by atoms with Gasteiger partial charge in [0.25, 0.3) is 8.32 Å². The maximum atomic E-state index is 9.57. The number of nitriles is 1. The van der Waals surface area contributed by atoms with Gasteiger partial charge in [0.05, 0.1) is 12.7 Å². The molecule has 2 aromatic carbocycles. The Balaban J connectivity index is 1.70. The van der Waals surface area contributed by atoms with Crippen molar-refractivity contribution in [1.29, 1.82) is 5.26 Å². The lowest BCUT2D eigenvalue weighted by atomic mass is 10.1. The van der Waals surface area contributed by atoms with Crippen molar-refractivity contribution in [1.82, 2.24) is 0 Å². The van der Waals surface area contributed by atoms with Crippen molar-refractivity contribution in [3.63, 3.8) is 0 Å². The van der Waals surface area contributed by atoms with E-state index in [1.54, 1.807) is 0 Å². The van der Waals surface area contributed by atoms with Crippen LogP contribution in [0.15, 0.2) is 60.7 Å². The van der Waals surface area contributed by atoms with Gasteiger partial charge in [-0.05, 0) is 29.3 Å². The smallest absolute Gasteiger partial charge is 0.261 e. The van der Waals surface area contributed by atoms with E-state index < -0.39 is 26.3 Å². The zero-order chi connectivity index (χ0) is 22.3. The first-order chi connectivity index (χ1) is 14.7. The van der Waals surface area contributed by atoms with Crippen molar-refractivity contribution in [2.45, 2.75) is 69.9 Å². The summed E-state index contributed by atoms with van der Waals surface area (Å²) >= 11 is 0. The molecular formula is C25H31NO4Si. The summed E-state index contributed by atoms with van der Waals surface area (Å²) in [5.74, 6) is -0.732. The number of hydrogen-bond donors (Lipinski definition) is 0. The van der Waals surface area contributed by atoms with Gasteiger partial charge < -0.3 is 18.6 Å². The van der Waals surface area contributed by atoms with E-state index in [1.807, 2.05) is 26.0 Å². The van der Waals surface area contributed by atoms with Gasteiger partial charge >= 0.3 is 0 Å². The third kappa shape index (κ3) is 3.97. The first-order valence-electron chi connectivity index (χ1n) is 10.8. The van der Waals surface area contributed by atoms with Crippen LogP contribution in [0.4, 0.5) is 0 Å². The minimum atomic E-state index is -2.69. The Kier molecular flexibility index (Phi) is 5.84. The van der Waals surface area contributed by atoms with Crippen LogP contribution in [0.2, 0.25) is 5.04 Å². The molecule has 0 bridgehead atoms. The van der Waals surface area contributed by atoms with Crippen molar-refractivity contribution < 1.29 is 18.6 Å². The molecule has 6 heteroatoms. The lowest BCUT2D eigenvalue weighted by molar-refractivity contribution is -0.184. The fourth-order valence-corrected chi connectivity index (χ4v) is 9.46. The Morgan fingerprint density at radius 1 is 0.935 bits per heavy atom. The van der Waals surface area contributed by atoms with Crippen molar-refractivity contribution >= 4 is 18.7 Å². The summed E-state index contributed by atoms with van der Waals surface area (Å²) in [7, 11) is -2.69. The highest BCUT2D eigenvalue weighted by molar-refractivity contribution is 6.99. The molecule has 2 heterocycles. The minimum absolute atomic E-state index is 0.130. The summed E-state index contributed by atoms with van der Waals surface area (Å²) in [5, 5.41) is 11.9. The molecule has 5 nitrogen and oxygen atoms in total. The van der Waals surface area contributed by atoms with E-state index in [2.05, 4.69) is 75.4 Å². The summed E-state index contributed by atoms with van der Waals surface area (Å²) in [6.07, 6.45) is -1.73. The van der Waals surface area contributed by atoms with Crippen LogP contribution < -0.4 is 10.4 Å². The summed E-state index contributed by atoms with van der Waals surface area (Å²) < 4.78 is 25.1. The Morgan fingerprint density at radius 3 is 1.94 bits per heavy atom. The highest BCUT2D eigenvalue weighted by Crippen LogP contribution is 2.41. The van der Waals surface area contributed by atoms with Crippen LogP contribution in [0.3, 0.4) is 0 Å². The Bertz CT molecular complexity index is 896. The lowest BCUT2D eigenvalue weighted by Crippen LogP contribution is -2.67. The lowest BCUT2D eigenvalue weighted by Gasteiger charge is -2.43. The zero-order valence-corrected chi connectivity index (χ0v) is 19.9. The van der Waals surface area contributed by atoms with E-state index in [4.69, 9.17) is 18.6 Å². The average Bonchev–Trinajstić information content (AvgIpc) is 3.22. The molecule has 0 N–H and O–H groups in total. The third-order valence-electron chi connectivity index (χ3n) is 6.16. The highest BCUT2D eigenvalue weighted by atomic mass is 28.4. The molecular weight excluding hydrogens is 406 g/mol. The van der Waals surface area contributed by atoms with Gasteiger partial charge in [0.15, 0.2) is 11.9 Å². The van der Waals surface area contributed by atoms with E-state index in [9.17, 15) is 5.26 Å². The van der Waals surface area contributed by atoms with Gasteiger partial charge in [0.1, 0.15) is 18.3 Å². The van der Waals surface area contributed by atoms with E-state index in [-0.39, 0.29) is 17.2 Å². The molecule has 0 aliphatic carbocycles.